The molecule has 2 N–H and O–H groups in total. The normalized spacial score (nSPS) is 11.5. The summed E-state index contributed by atoms with van der Waals surface area (Å²) in [5, 5.41) is 0. The van der Waals surface area contributed by atoms with Crippen molar-refractivity contribution in [2.45, 2.75) is 6.54 Å². The zero-order valence-electron chi connectivity index (χ0n) is 9.96. The van der Waals surface area contributed by atoms with Crippen molar-refractivity contribution in [3.05, 3.63) is 23.9 Å². The summed E-state index contributed by atoms with van der Waals surface area (Å²) in [4.78, 5) is 4.08. The smallest absolute Gasteiger partial charge is 0.233 e. The van der Waals surface area contributed by atoms with Gasteiger partial charge in [-0.05, 0) is 11.6 Å². The second-order valence-electron chi connectivity index (χ2n) is 3.56. The molecule has 0 aliphatic rings. The standard InChI is InChI=1S/C10H17N3O3S/c1-16-6-5-13(17(2,14)15)10-4-3-9(7-11)8-12-10/h3-4,8H,5-7,11H2,1-2H3. The number of methoxy groups -OCH3 is 1. The number of hydrogen-bond donors (Lipinski definition) is 1. The topological polar surface area (TPSA) is 85.5 Å². The molecule has 6 nitrogen and oxygen atoms in total. The maximum Gasteiger partial charge on any atom is 0.233 e. The zero-order valence-corrected chi connectivity index (χ0v) is 10.8. The predicted octanol–water partition coefficient (Wildman–Crippen LogP) is -0.0473. The van der Waals surface area contributed by atoms with Gasteiger partial charge in [0.05, 0.1) is 19.4 Å². The van der Waals surface area contributed by atoms with Crippen molar-refractivity contribution in [2.24, 2.45) is 5.73 Å². The first-order valence-corrected chi connectivity index (χ1v) is 6.95. The van der Waals surface area contributed by atoms with Crippen molar-refractivity contribution in [1.29, 1.82) is 0 Å². The number of pyridine rings is 1. The molecule has 0 unspecified atom stereocenters. The fourth-order valence-corrected chi connectivity index (χ4v) is 2.16. The van der Waals surface area contributed by atoms with Crippen LogP contribution in [0.15, 0.2) is 18.3 Å². The predicted molar refractivity (Wildman–Crippen MR) is 66.2 cm³/mol. The third-order valence-electron chi connectivity index (χ3n) is 2.20. The molecule has 0 saturated carbocycles. The lowest BCUT2D eigenvalue weighted by molar-refractivity contribution is 0.208. The summed E-state index contributed by atoms with van der Waals surface area (Å²) >= 11 is 0. The van der Waals surface area contributed by atoms with Crippen LogP contribution in [0.3, 0.4) is 0 Å². The van der Waals surface area contributed by atoms with Crippen LogP contribution in [-0.4, -0.2) is 39.9 Å². The maximum atomic E-state index is 11.6. The Balaban J connectivity index is 2.96. The van der Waals surface area contributed by atoms with Crippen LogP contribution in [0.4, 0.5) is 5.82 Å². The van der Waals surface area contributed by atoms with E-state index >= 15 is 0 Å². The van der Waals surface area contributed by atoms with Crippen LogP contribution in [0.25, 0.3) is 0 Å². The lowest BCUT2D eigenvalue weighted by Crippen LogP contribution is -2.33. The Labute approximate surface area is 101 Å². The first-order valence-electron chi connectivity index (χ1n) is 5.10. The number of ether oxygens (including phenoxy) is 1. The monoisotopic (exact) mass is 259 g/mol. The molecule has 17 heavy (non-hydrogen) atoms. The average molecular weight is 259 g/mol. The quantitative estimate of drug-likeness (QED) is 0.774. The van der Waals surface area contributed by atoms with E-state index in [1.807, 2.05) is 0 Å². The van der Waals surface area contributed by atoms with Crippen LogP contribution in [-0.2, 0) is 21.3 Å². The Bertz CT molecular complexity index is 444. The van der Waals surface area contributed by atoms with Crippen molar-refractivity contribution in [3.8, 4) is 0 Å². The number of nitrogens with zero attached hydrogens (tertiary/aromatic N) is 2. The highest BCUT2D eigenvalue weighted by molar-refractivity contribution is 7.92. The second kappa shape index (κ2) is 5.95. The molecule has 0 atom stereocenters. The molecular weight excluding hydrogens is 242 g/mol. The summed E-state index contributed by atoms with van der Waals surface area (Å²) in [6, 6.07) is 3.40. The summed E-state index contributed by atoms with van der Waals surface area (Å²) < 4.78 is 29.3. The van der Waals surface area contributed by atoms with E-state index in [-0.39, 0.29) is 6.54 Å². The van der Waals surface area contributed by atoms with E-state index < -0.39 is 10.0 Å². The number of rotatable bonds is 6. The van der Waals surface area contributed by atoms with Gasteiger partial charge in [-0.3, -0.25) is 4.31 Å². The number of sulfonamides is 1. The molecule has 0 radical (unpaired) electrons. The van der Waals surface area contributed by atoms with E-state index in [1.165, 1.54) is 11.4 Å². The Morgan fingerprint density at radius 3 is 2.59 bits per heavy atom. The van der Waals surface area contributed by atoms with Gasteiger partial charge in [-0.15, -0.1) is 0 Å². The summed E-state index contributed by atoms with van der Waals surface area (Å²) in [5.74, 6) is 0.377. The van der Waals surface area contributed by atoms with Gasteiger partial charge >= 0.3 is 0 Å². The van der Waals surface area contributed by atoms with E-state index in [9.17, 15) is 8.42 Å². The Morgan fingerprint density at radius 2 is 2.18 bits per heavy atom. The average Bonchev–Trinajstić information content (AvgIpc) is 2.29. The van der Waals surface area contributed by atoms with Crippen molar-refractivity contribution in [2.75, 3.05) is 30.8 Å². The second-order valence-corrected chi connectivity index (χ2v) is 5.46. The van der Waals surface area contributed by atoms with Gasteiger partial charge in [-0.25, -0.2) is 13.4 Å². The number of anilines is 1. The Morgan fingerprint density at radius 1 is 1.47 bits per heavy atom. The highest BCUT2D eigenvalue weighted by Gasteiger charge is 2.17. The molecule has 0 bridgehead atoms. The summed E-state index contributed by atoms with van der Waals surface area (Å²) in [6.45, 7) is 0.932. The van der Waals surface area contributed by atoms with Crippen molar-refractivity contribution < 1.29 is 13.2 Å². The third kappa shape index (κ3) is 3.95. The van der Waals surface area contributed by atoms with E-state index in [2.05, 4.69) is 4.98 Å². The highest BCUT2D eigenvalue weighted by Crippen LogP contribution is 2.14. The van der Waals surface area contributed by atoms with Gasteiger partial charge in [0.1, 0.15) is 5.82 Å². The van der Waals surface area contributed by atoms with Gasteiger partial charge in [-0.2, -0.15) is 0 Å². The van der Waals surface area contributed by atoms with E-state index in [0.717, 1.165) is 11.8 Å². The van der Waals surface area contributed by atoms with Gasteiger partial charge in [0.2, 0.25) is 10.0 Å². The molecule has 0 amide bonds. The van der Waals surface area contributed by atoms with Crippen LogP contribution in [0.1, 0.15) is 5.56 Å². The molecule has 1 heterocycles. The van der Waals surface area contributed by atoms with Gasteiger partial charge in [-0.1, -0.05) is 6.07 Å². The lowest BCUT2D eigenvalue weighted by atomic mass is 10.3. The van der Waals surface area contributed by atoms with Crippen LogP contribution < -0.4 is 10.0 Å². The van der Waals surface area contributed by atoms with Crippen molar-refractivity contribution in [1.82, 2.24) is 4.98 Å². The number of nitrogens with two attached hydrogens (primary N) is 1. The molecule has 0 aliphatic heterocycles. The minimum atomic E-state index is -3.35. The molecule has 96 valence electrons. The van der Waals surface area contributed by atoms with Gasteiger partial charge < -0.3 is 10.5 Å². The van der Waals surface area contributed by atoms with Gasteiger partial charge in [0.25, 0.3) is 0 Å². The lowest BCUT2D eigenvalue weighted by Gasteiger charge is -2.20. The highest BCUT2D eigenvalue weighted by atomic mass is 32.2. The minimum Gasteiger partial charge on any atom is -0.383 e. The minimum absolute atomic E-state index is 0.240. The van der Waals surface area contributed by atoms with Gasteiger partial charge in [0.15, 0.2) is 0 Å². The molecule has 7 heteroatoms. The van der Waals surface area contributed by atoms with E-state index in [0.29, 0.717) is 19.0 Å². The molecule has 0 aliphatic carbocycles. The molecule has 0 aromatic carbocycles. The molecule has 0 fully saturated rings. The van der Waals surface area contributed by atoms with Crippen molar-refractivity contribution >= 4 is 15.8 Å². The zero-order chi connectivity index (χ0) is 12.9. The van der Waals surface area contributed by atoms with Crippen LogP contribution in [0.2, 0.25) is 0 Å². The third-order valence-corrected chi connectivity index (χ3v) is 3.37. The van der Waals surface area contributed by atoms with Gasteiger partial charge in [0, 0.05) is 19.9 Å². The molecule has 0 saturated heterocycles. The van der Waals surface area contributed by atoms with E-state index in [4.69, 9.17) is 10.5 Å². The summed E-state index contributed by atoms with van der Waals surface area (Å²) in [6.07, 6.45) is 2.71. The molecule has 0 spiro atoms. The van der Waals surface area contributed by atoms with E-state index in [1.54, 1.807) is 18.3 Å². The Kier molecular flexibility index (Phi) is 4.86. The Hall–Kier alpha value is -1.18. The molecule has 1 rings (SSSR count). The largest absolute Gasteiger partial charge is 0.383 e. The first-order chi connectivity index (χ1) is 7.99. The van der Waals surface area contributed by atoms with Crippen LogP contribution in [0.5, 0.6) is 0 Å². The fraction of sp³-hybridized carbons (Fsp3) is 0.500. The number of aromatic nitrogens is 1. The summed E-state index contributed by atoms with van der Waals surface area (Å²) in [7, 11) is -1.83. The van der Waals surface area contributed by atoms with Crippen molar-refractivity contribution in [3.63, 3.8) is 0 Å². The van der Waals surface area contributed by atoms with Crippen LogP contribution in [0, 0.1) is 0 Å². The molecular formula is C10H17N3O3S. The molecule has 1 aromatic rings. The fourth-order valence-electron chi connectivity index (χ4n) is 1.31. The summed E-state index contributed by atoms with van der Waals surface area (Å²) in [5.41, 5.74) is 6.31. The SMILES string of the molecule is COCCN(c1ccc(CN)cn1)S(C)(=O)=O. The van der Waals surface area contributed by atoms with Crippen LogP contribution >= 0.6 is 0 Å². The number of hydrogen-bond acceptors (Lipinski definition) is 5. The molecule has 1 aromatic heterocycles. The first kappa shape index (κ1) is 13.9. The maximum absolute atomic E-state index is 11.6.